The first kappa shape index (κ1) is 14.3. The fourth-order valence-corrected chi connectivity index (χ4v) is 2.87. The highest BCUT2D eigenvalue weighted by molar-refractivity contribution is 5.45. The zero-order valence-corrected chi connectivity index (χ0v) is 12.7. The van der Waals surface area contributed by atoms with E-state index >= 15 is 0 Å². The van der Waals surface area contributed by atoms with Crippen LogP contribution in [0.1, 0.15) is 18.5 Å². The quantitative estimate of drug-likeness (QED) is 0.818. The number of nitrogens with one attached hydrogen (secondary N) is 1. The van der Waals surface area contributed by atoms with Gasteiger partial charge >= 0.3 is 0 Å². The minimum Gasteiger partial charge on any atom is -0.385 e. The van der Waals surface area contributed by atoms with E-state index in [1.807, 2.05) is 29.8 Å². The highest BCUT2D eigenvalue weighted by Gasteiger charge is 2.22. The SMILES string of the molecule is COCCCN1CCC(Nc2ccc3nc(C)cn3n2)C1. The molecule has 0 bridgehead atoms. The number of rotatable bonds is 6. The first-order chi connectivity index (χ1) is 10.2. The Balaban J connectivity index is 1.56. The Labute approximate surface area is 125 Å². The topological polar surface area (TPSA) is 54.7 Å². The van der Waals surface area contributed by atoms with Crippen LogP contribution in [0.2, 0.25) is 0 Å². The van der Waals surface area contributed by atoms with Crippen LogP contribution in [0.3, 0.4) is 0 Å². The molecule has 1 unspecified atom stereocenters. The fourth-order valence-electron chi connectivity index (χ4n) is 2.87. The number of aryl methyl sites for hydroxylation is 1. The van der Waals surface area contributed by atoms with E-state index < -0.39 is 0 Å². The van der Waals surface area contributed by atoms with Gasteiger partial charge in [-0.1, -0.05) is 0 Å². The second-order valence-corrected chi connectivity index (χ2v) is 5.68. The van der Waals surface area contributed by atoms with E-state index in [9.17, 15) is 0 Å². The number of anilines is 1. The molecule has 1 atom stereocenters. The van der Waals surface area contributed by atoms with Crippen LogP contribution in [0.15, 0.2) is 18.3 Å². The second-order valence-electron chi connectivity index (χ2n) is 5.68. The molecule has 1 N–H and O–H groups in total. The Bertz CT molecular complexity index is 597. The lowest BCUT2D eigenvalue weighted by Gasteiger charge is -2.16. The number of aromatic nitrogens is 3. The smallest absolute Gasteiger partial charge is 0.153 e. The Kier molecular flexibility index (Phi) is 4.36. The lowest BCUT2D eigenvalue weighted by molar-refractivity contribution is 0.179. The van der Waals surface area contributed by atoms with Gasteiger partial charge in [0.2, 0.25) is 0 Å². The van der Waals surface area contributed by atoms with Crippen LogP contribution >= 0.6 is 0 Å². The summed E-state index contributed by atoms with van der Waals surface area (Å²) >= 11 is 0. The molecular formula is C15H23N5O. The van der Waals surface area contributed by atoms with Gasteiger partial charge in [0.25, 0.3) is 0 Å². The molecule has 114 valence electrons. The Morgan fingerprint density at radius 3 is 3.19 bits per heavy atom. The van der Waals surface area contributed by atoms with Crippen LogP contribution in [-0.4, -0.2) is 58.9 Å². The van der Waals surface area contributed by atoms with Crippen molar-refractivity contribution >= 4 is 11.5 Å². The van der Waals surface area contributed by atoms with E-state index in [0.29, 0.717) is 6.04 Å². The summed E-state index contributed by atoms with van der Waals surface area (Å²) < 4.78 is 6.94. The normalized spacial score (nSPS) is 19.4. The van der Waals surface area contributed by atoms with Crippen LogP contribution in [0.25, 0.3) is 5.65 Å². The number of nitrogens with zero attached hydrogens (tertiary/aromatic N) is 4. The highest BCUT2D eigenvalue weighted by atomic mass is 16.5. The van der Waals surface area contributed by atoms with E-state index in [-0.39, 0.29) is 0 Å². The van der Waals surface area contributed by atoms with Gasteiger partial charge < -0.3 is 15.0 Å². The number of ether oxygens (including phenoxy) is 1. The van der Waals surface area contributed by atoms with E-state index in [1.54, 1.807) is 7.11 Å². The van der Waals surface area contributed by atoms with Crippen molar-refractivity contribution in [1.82, 2.24) is 19.5 Å². The molecule has 1 aliphatic heterocycles. The number of imidazole rings is 1. The van der Waals surface area contributed by atoms with Crippen molar-refractivity contribution in [3.8, 4) is 0 Å². The van der Waals surface area contributed by atoms with Crippen LogP contribution in [0.5, 0.6) is 0 Å². The van der Waals surface area contributed by atoms with Crippen molar-refractivity contribution in [2.75, 3.05) is 38.7 Å². The Morgan fingerprint density at radius 2 is 2.33 bits per heavy atom. The summed E-state index contributed by atoms with van der Waals surface area (Å²) in [5.74, 6) is 0.920. The minimum atomic E-state index is 0.474. The highest BCUT2D eigenvalue weighted by Crippen LogP contribution is 2.15. The van der Waals surface area contributed by atoms with Gasteiger partial charge in [-0.15, -0.1) is 5.10 Å². The summed E-state index contributed by atoms with van der Waals surface area (Å²) in [6.07, 6.45) is 4.21. The van der Waals surface area contributed by atoms with Gasteiger partial charge in [-0.3, -0.25) is 0 Å². The maximum Gasteiger partial charge on any atom is 0.153 e. The molecule has 3 heterocycles. The molecule has 0 aliphatic carbocycles. The van der Waals surface area contributed by atoms with Gasteiger partial charge in [0.1, 0.15) is 5.82 Å². The summed E-state index contributed by atoms with van der Waals surface area (Å²) in [6, 6.07) is 4.49. The van der Waals surface area contributed by atoms with Crippen molar-refractivity contribution < 1.29 is 4.74 Å². The monoisotopic (exact) mass is 289 g/mol. The molecule has 2 aromatic rings. The number of hydrogen-bond donors (Lipinski definition) is 1. The fraction of sp³-hybridized carbons (Fsp3) is 0.600. The average molecular weight is 289 g/mol. The molecule has 0 saturated carbocycles. The molecule has 0 aromatic carbocycles. The molecule has 0 radical (unpaired) electrons. The number of methoxy groups -OCH3 is 1. The number of likely N-dealkylation sites (tertiary alicyclic amines) is 1. The maximum absolute atomic E-state index is 5.11. The standard InChI is InChI=1S/C15H23N5O/c1-12-10-20-15(16-12)5-4-14(18-20)17-13-6-8-19(11-13)7-3-9-21-2/h4-5,10,13H,3,6-9,11H2,1-2H3,(H,17,18). The molecule has 2 aromatic heterocycles. The van der Waals surface area contributed by atoms with E-state index in [4.69, 9.17) is 4.74 Å². The van der Waals surface area contributed by atoms with E-state index in [0.717, 1.165) is 56.2 Å². The van der Waals surface area contributed by atoms with Crippen LogP contribution in [0.4, 0.5) is 5.82 Å². The summed E-state index contributed by atoms with van der Waals surface area (Å²) in [5.41, 5.74) is 1.88. The van der Waals surface area contributed by atoms with Gasteiger partial charge in [0, 0.05) is 39.4 Å². The third-order valence-corrected chi connectivity index (χ3v) is 3.89. The molecule has 6 nitrogen and oxygen atoms in total. The average Bonchev–Trinajstić information content (AvgIpc) is 3.04. The summed E-state index contributed by atoms with van der Waals surface area (Å²) in [7, 11) is 1.76. The van der Waals surface area contributed by atoms with Gasteiger partial charge in [-0.05, 0) is 31.9 Å². The predicted molar refractivity (Wildman–Crippen MR) is 82.7 cm³/mol. The molecule has 1 aliphatic rings. The second kappa shape index (κ2) is 6.41. The number of hydrogen-bond acceptors (Lipinski definition) is 5. The first-order valence-electron chi connectivity index (χ1n) is 7.55. The van der Waals surface area contributed by atoms with Gasteiger partial charge in [0.05, 0.1) is 11.9 Å². The molecule has 21 heavy (non-hydrogen) atoms. The van der Waals surface area contributed by atoms with Crippen LogP contribution in [0, 0.1) is 6.92 Å². The molecule has 3 rings (SSSR count). The van der Waals surface area contributed by atoms with Crippen molar-refractivity contribution in [3.05, 3.63) is 24.0 Å². The largest absolute Gasteiger partial charge is 0.385 e. The molecule has 1 saturated heterocycles. The van der Waals surface area contributed by atoms with Gasteiger partial charge in [-0.2, -0.15) is 0 Å². The summed E-state index contributed by atoms with van der Waals surface area (Å²) in [4.78, 5) is 6.88. The zero-order chi connectivity index (χ0) is 14.7. The molecule has 0 spiro atoms. The van der Waals surface area contributed by atoms with Crippen LogP contribution < -0.4 is 5.32 Å². The molecule has 1 fully saturated rings. The first-order valence-corrected chi connectivity index (χ1v) is 7.55. The Hall–Kier alpha value is -1.66. The van der Waals surface area contributed by atoms with Crippen molar-refractivity contribution in [1.29, 1.82) is 0 Å². The minimum absolute atomic E-state index is 0.474. The van der Waals surface area contributed by atoms with Gasteiger partial charge in [0.15, 0.2) is 5.65 Å². The predicted octanol–water partition coefficient (Wildman–Crippen LogP) is 1.56. The number of fused-ring (bicyclic) bond motifs is 1. The van der Waals surface area contributed by atoms with Crippen LogP contribution in [-0.2, 0) is 4.74 Å². The Morgan fingerprint density at radius 1 is 1.43 bits per heavy atom. The third-order valence-electron chi connectivity index (χ3n) is 3.89. The third kappa shape index (κ3) is 3.51. The van der Waals surface area contributed by atoms with E-state index in [2.05, 4.69) is 20.3 Å². The summed E-state index contributed by atoms with van der Waals surface area (Å²) in [5, 5.41) is 8.09. The molecule has 6 heteroatoms. The van der Waals surface area contributed by atoms with Crippen molar-refractivity contribution in [2.24, 2.45) is 0 Å². The maximum atomic E-state index is 5.11. The van der Waals surface area contributed by atoms with Crippen molar-refractivity contribution in [3.63, 3.8) is 0 Å². The van der Waals surface area contributed by atoms with E-state index in [1.165, 1.54) is 0 Å². The van der Waals surface area contributed by atoms with Crippen molar-refractivity contribution in [2.45, 2.75) is 25.8 Å². The molecular weight excluding hydrogens is 266 g/mol. The van der Waals surface area contributed by atoms with Gasteiger partial charge in [-0.25, -0.2) is 9.50 Å². The molecule has 0 amide bonds. The zero-order valence-electron chi connectivity index (χ0n) is 12.7. The lowest BCUT2D eigenvalue weighted by Crippen LogP contribution is -2.27. The summed E-state index contributed by atoms with van der Waals surface area (Å²) in [6.45, 7) is 6.16. The lowest BCUT2D eigenvalue weighted by atomic mass is 10.2.